The van der Waals surface area contributed by atoms with Crippen molar-refractivity contribution >= 4 is 21.9 Å². The van der Waals surface area contributed by atoms with Crippen LogP contribution in [0.25, 0.3) is 147 Å². The summed E-state index contributed by atoms with van der Waals surface area (Å²) in [6.45, 7) is 0. The van der Waals surface area contributed by atoms with Gasteiger partial charge in [-0.1, -0.05) is 170 Å². The Hall–Kier alpha value is -12.5. The lowest BCUT2D eigenvalue weighted by Gasteiger charge is -2.30. The van der Waals surface area contributed by atoms with E-state index in [2.05, 4.69) is 191 Å². The molecular formula is C80H44N10O2. The van der Waals surface area contributed by atoms with Crippen molar-refractivity contribution in [2.45, 2.75) is 10.8 Å². The van der Waals surface area contributed by atoms with E-state index in [0.717, 1.165) is 123 Å². The van der Waals surface area contributed by atoms with Crippen molar-refractivity contribution in [3.63, 3.8) is 0 Å². The van der Waals surface area contributed by atoms with E-state index in [-0.39, 0.29) is 0 Å². The first-order chi connectivity index (χ1) is 45.6. The zero-order valence-electron chi connectivity index (χ0n) is 48.7. The van der Waals surface area contributed by atoms with Gasteiger partial charge in [-0.05, 0) is 122 Å². The molecule has 16 aromatic rings. The maximum Gasteiger partial charge on any atom is 0.182 e. The fourth-order valence-corrected chi connectivity index (χ4v) is 15.5. The fraction of sp³-hybridized carbons (Fsp3) is 0.0250. The topological polar surface area (TPSA) is 155 Å². The molecule has 8 heterocycles. The molecule has 0 saturated heterocycles. The van der Waals surface area contributed by atoms with Crippen molar-refractivity contribution in [2.24, 2.45) is 0 Å². The number of hydrogen-bond acceptors (Lipinski definition) is 12. The molecule has 2 spiro atoms. The summed E-state index contributed by atoms with van der Waals surface area (Å²) in [6.07, 6.45) is 8.92. The van der Waals surface area contributed by atoms with Crippen molar-refractivity contribution < 1.29 is 8.83 Å². The first-order valence-corrected chi connectivity index (χ1v) is 30.6. The van der Waals surface area contributed by atoms with Gasteiger partial charge in [-0.15, -0.1) is 0 Å². The predicted octanol–water partition coefficient (Wildman–Crippen LogP) is 17.5. The highest BCUT2D eigenvalue weighted by atomic mass is 16.3. The Bertz CT molecular complexity index is 5690. The van der Waals surface area contributed by atoms with Gasteiger partial charge in [0.25, 0.3) is 0 Å². The molecule has 4 aliphatic carbocycles. The zero-order valence-corrected chi connectivity index (χ0v) is 48.7. The van der Waals surface area contributed by atoms with Gasteiger partial charge < -0.3 is 8.83 Å². The Morgan fingerprint density at radius 2 is 0.761 bits per heavy atom. The Morgan fingerprint density at radius 1 is 0.272 bits per heavy atom. The highest BCUT2D eigenvalue weighted by Gasteiger charge is 2.57. The van der Waals surface area contributed by atoms with Crippen molar-refractivity contribution in [1.29, 1.82) is 0 Å². The highest BCUT2D eigenvalue weighted by Crippen LogP contribution is 2.68. The summed E-state index contributed by atoms with van der Waals surface area (Å²) in [5.41, 5.74) is 22.1. The average Bonchev–Trinajstić information content (AvgIpc) is 1.50. The summed E-state index contributed by atoms with van der Waals surface area (Å²) in [6, 6.07) is 82.2. The largest absolute Gasteiger partial charge is 0.456 e. The number of pyridine rings is 4. The second kappa shape index (κ2) is 19.0. The van der Waals surface area contributed by atoms with Crippen molar-refractivity contribution in [3.05, 3.63) is 312 Å². The molecule has 92 heavy (non-hydrogen) atoms. The minimum Gasteiger partial charge on any atom is -0.456 e. The van der Waals surface area contributed by atoms with Gasteiger partial charge in [0.05, 0.1) is 16.5 Å². The van der Waals surface area contributed by atoms with E-state index < -0.39 is 10.8 Å². The lowest BCUT2D eigenvalue weighted by Crippen LogP contribution is -2.25. The molecule has 0 bridgehead atoms. The van der Waals surface area contributed by atoms with Crippen LogP contribution in [0.1, 0.15) is 44.5 Å². The predicted molar refractivity (Wildman–Crippen MR) is 355 cm³/mol. The highest BCUT2D eigenvalue weighted by molar-refractivity contribution is 6.07. The number of nitrogens with zero attached hydrogens (tertiary/aromatic N) is 10. The van der Waals surface area contributed by atoms with Gasteiger partial charge in [-0.25, -0.2) is 29.9 Å². The smallest absolute Gasteiger partial charge is 0.182 e. The molecule has 426 valence electrons. The van der Waals surface area contributed by atoms with Crippen LogP contribution in [-0.4, -0.2) is 49.8 Å². The third-order valence-electron chi connectivity index (χ3n) is 19.1. The summed E-state index contributed by atoms with van der Waals surface area (Å²) in [4.78, 5) is 50.2. The van der Waals surface area contributed by atoms with Crippen LogP contribution in [0, 0.1) is 0 Å². The molecule has 12 heteroatoms. The van der Waals surface area contributed by atoms with Crippen LogP contribution in [0.2, 0.25) is 0 Å². The number of aromatic nitrogens is 10. The molecular weight excluding hydrogens is 1130 g/mol. The maximum absolute atomic E-state index is 7.14. The van der Waals surface area contributed by atoms with E-state index in [9.17, 15) is 0 Å². The van der Waals surface area contributed by atoms with Crippen LogP contribution in [0.15, 0.2) is 276 Å². The zero-order chi connectivity index (χ0) is 60.2. The lowest BCUT2D eigenvalue weighted by molar-refractivity contribution is 0.628. The third-order valence-corrected chi connectivity index (χ3v) is 19.1. The van der Waals surface area contributed by atoms with Crippen LogP contribution >= 0.6 is 0 Å². The molecule has 4 aliphatic rings. The molecule has 20 rings (SSSR count). The molecule has 0 saturated carbocycles. The van der Waals surface area contributed by atoms with E-state index in [1.54, 1.807) is 24.8 Å². The lowest BCUT2D eigenvalue weighted by atomic mass is 9.70. The van der Waals surface area contributed by atoms with E-state index in [4.69, 9.17) is 43.7 Å². The molecule has 8 aromatic heterocycles. The Kier molecular flexibility index (Phi) is 10.4. The monoisotopic (exact) mass is 1180 g/mol. The van der Waals surface area contributed by atoms with Gasteiger partial charge in [0.15, 0.2) is 34.9 Å². The minimum absolute atomic E-state index is 0.439. The summed E-state index contributed by atoms with van der Waals surface area (Å²) < 4.78 is 14.1. The summed E-state index contributed by atoms with van der Waals surface area (Å²) in [7, 11) is 0. The maximum atomic E-state index is 7.14. The molecule has 12 nitrogen and oxygen atoms in total. The van der Waals surface area contributed by atoms with E-state index in [0.29, 0.717) is 46.3 Å². The first kappa shape index (κ1) is 50.5. The number of furan rings is 2. The van der Waals surface area contributed by atoms with E-state index in [1.807, 2.05) is 66.9 Å². The summed E-state index contributed by atoms with van der Waals surface area (Å²) in [5.74, 6) is 4.46. The van der Waals surface area contributed by atoms with E-state index >= 15 is 0 Å². The van der Waals surface area contributed by atoms with Crippen molar-refractivity contribution in [2.75, 3.05) is 0 Å². The molecule has 0 N–H and O–H groups in total. The second-order valence-corrected chi connectivity index (χ2v) is 23.7. The second-order valence-electron chi connectivity index (χ2n) is 23.7. The average molecular weight is 1180 g/mol. The molecule has 0 fully saturated rings. The van der Waals surface area contributed by atoms with Gasteiger partial charge in [0.1, 0.15) is 34.1 Å². The van der Waals surface area contributed by atoms with Gasteiger partial charge in [0, 0.05) is 91.8 Å². The number of fused-ring (bicyclic) bond motifs is 24. The minimum atomic E-state index is -0.823. The third kappa shape index (κ3) is 6.83. The molecule has 1 unspecified atom stereocenters. The fourth-order valence-electron chi connectivity index (χ4n) is 15.5. The molecule has 0 amide bonds. The van der Waals surface area contributed by atoms with Crippen LogP contribution < -0.4 is 0 Å². The van der Waals surface area contributed by atoms with Crippen molar-refractivity contribution in [3.8, 4) is 125 Å². The van der Waals surface area contributed by atoms with Gasteiger partial charge in [-0.2, -0.15) is 0 Å². The standard InChI is InChI=1S/C80H44N10O2/c1-6-26-56-48(19-1)49-20-2-7-27-57(49)79(56)59-37-35-45(42-55(59)71-69(79)52-22-4-9-33-65(52)91-71)73-85-74(46-18-17-39-81-43-46)87-75(86-73)47-36-38-62(84-44-47)51-24-15-29-60-67(51)50-21-3-8-28-58(50)80(60)61-30-16-25-54(68(61)72-70(80)53-23-5-10-34-66(53)92-72)76-88-77(63-31-11-13-40-82-63)90-78(89-76)64-32-12-14-41-83-64/h1-44H. The van der Waals surface area contributed by atoms with Crippen molar-refractivity contribution in [1.82, 2.24) is 49.8 Å². The molecule has 0 radical (unpaired) electrons. The number of rotatable bonds is 7. The van der Waals surface area contributed by atoms with Gasteiger partial charge >= 0.3 is 0 Å². The number of para-hydroxylation sites is 2. The Balaban J connectivity index is 0.737. The normalized spacial score (nSPS) is 14.7. The van der Waals surface area contributed by atoms with Gasteiger partial charge in [0.2, 0.25) is 0 Å². The Morgan fingerprint density at radius 3 is 1.39 bits per heavy atom. The first-order valence-electron chi connectivity index (χ1n) is 30.6. The summed E-state index contributed by atoms with van der Waals surface area (Å²) in [5, 5.41) is 2.12. The SMILES string of the molecule is c1ccc(-c2nc(-c3ccccn3)nc(-c3cccc4c3-c3oc5ccccc5c3C43c4ccccc4-c4c(-c5ccc(-c6nc(-c7cccnc7)nc(-c7ccc8c(c7)-c7oc9ccccc9c7C87c8ccccc8-c8ccccc87)n6)cn5)cccc43)n2)nc1. The molecule has 1 atom stereocenters. The van der Waals surface area contributed by atoms with Crippen LogP contribution in [0.3, 0.4) is 0 Å². The quantitative estimate of drug-likeness (QED) is 0.149. The van der Waals surface area contributed by atoms with Crippen LogP contribution in [-0.2, 0) is 10.8 Å². The number of hydrogen-bond donors (Lipinski definition) is 0. The molecule has 8 aromatic carbocycles. The summed E-state index contributed by atoms with van der Waals surface area (Å²) >= 11 is 0. The van der Waals surface area contributed by atoms with E-state index in [1.165, 1.54) is 22.3 Å². The molecule has 0 aliphatic heterocycles. The van der Waals surface area contributed by atoms with Gasteiger partial charge in [-0.3, -0.25) is 19.9 Å². The van der Waals surface area contributed by atoms with Crippen LogP contribution in [0.4, 0.5) is 0 Å². The number of benzene rings is 8. The van der Waals surface area contributed by atoms with Crippen LogP contribution in [0.5, 0.6) is 0 Å². The Labute approximate surface area is 525 Å².